The fraction of sp³-hybridized carbons (Fsp3) is 0.300. The van der Waals surface area contributed by atoms with Crippen LogP contribution in [-0.4, -0.2) is 24.8 Å². The number of sulfone groups is 1. The maximum atomic E-state index is 13.3. The second-order valence-corrected chi connectivity index (χ2v) is 9.08. The largest absolute Gasteiger partial charge is 0.494 e. The molecule has 0 unspecified atom stereocenters. The van der Waals surface area contributed by atoms with E-state index in [0.29, 0.717) is 17.4 Å². The molecule has 2 heterocycles. The first-order valence-electron chi connectivity index (χ1n) is 8.59. The lowest BCUT2D eigenvalue weighted by Crippen LogP contribution is -2.09. The van der Waals surface area contributed by atoms with Crippen molar-refractivity contribution in [3.05, 3.63) is 60.3 Å². The molecule has 0 aliphatic heterocycles. The van der Waals surface area contributed by atoms with Crippen molar-refractivity contribution >= 4 is 31.3 Å². The molecule has 0 saturated heterocycles. The van der Waals surface area contributed by atoms with Crippen molar-refractivity contribution in [3.63, 3.8) is 0 Å². The van der Waals surface area contributed by atoms with Crippen molar-refractivity contribution in [2.24, 2.45) is 0 Å². The molecule has 0 aliphatic carbocycles. The van der Waals surface area contributed by atoms with Crippen LogP contribution in [0.15, 0.2) is 64.6 Å². The Balaban J connectivity index is 2.03. The van der Waals surface area contributed by atoms with E-state index < -0.39 is 9.84 Å². The van der Waals surface area contributed by atoms with Crippen LogP contribution >= 0.6 is 15.9 Å². The summed E-state index contributed by atoms with van der Waals surface area (Å²) < 4.78 is 34.0. The number of alkyl halides is 1. The highest BCUT2D eigenvalue weighted by molar-refractivity contribution is 9.09. The molecule has 0 amide bonds. The zero-order valence-electron chi connectivity index (χ0n) is 14.9. The number of pyridine rings is 1. The van der Waals surface area contributed by atoms with Gasteiger partial charge in [0.1, 0.15) is 10.8 Å². The average molecular weight is 436 g/mol. The molecule has 26 heavy (non-hydrogen) atoms. The zero-order valence-corrected chi connectivity index (χ0v) is 17.3. The Labute approximate surface area is 162 Å². The molecule has 6 heteroatoms. The van der Waals surface area contributed by atoms with Crippen LogP contribution < -0.4 is 4.74 Å². The Hall–Kier alpha value is -1.79. The van der Waals surface area contributed by atoms with Gasteiger partial charge < -0.3 is 9.14 Å². The minimum Gasteiger partial charge on any atom is -0.494 e. The van der Waals surface area contributed by atoms with E-state index in [-0.39, 0.29) is 10.8 Å². The molecule has 0 aliphatic rings. The van der Waals surface area contributed by atoms with Gasteiger partial charge in [-0.15, -0.1) is 0 Å². The number of benzene rings is 1. The molecule has 3 aromatic rings. The number of hydrogen-bond donors (Lipinski definition) is 0. The molecule has 0 fully saturated rings. The lowest BCUT2D eigenvalue weighted by molar-refractivity contribution is 0.319. The SMILES string of the molecule is CC(C)c1cc2ccccn2c1S(=O)(=O)c1ccc(OCCCBr)cc1. The third-order valence-corrected chi connectivity index (χ3v) is 6.61. The van der Waals surface area contributed by atoms with Gasteiger partial charge in [0.2, 0.25) is 9.84 Å². The van der Waals surface area contributed by atoms with Gasteiger partial charge in [-0.05, 0) is 60.4 Å². The number of hydrogen-bond acceptors (Lipinski definition) is 3. The van der Waals surface area contributed by atoms with Crippen LogP contribution in [-0.2, 0) is 9.84 Å². The molecule has 3 rings (SSSR count). The summed E-state index contributed by atoms with van der Waals surface area (Å²) in [6, 6.07) is 14.3. The lowest BCUT2D eigenvalue weighted by Gasteiger charge is -2.11. The zero-order chi connectivity index (χ0) is 18.7. The number of fused-ring (bicyclic) bond motifs is 1. The quantitative estimate of drug-likeness (QED) is 0.384. The van der Waals surface area contributed by atoms with Crippen LogP contribution in [0.5, 0.6) is 5.75 Å². The first-order chi connectivity index (χ1) is 12.4. The highest BCUT2D eigenvalue weighted by Gasteiger charge is 2.27. The molecule has 0 radical (unpaired) electrons. The normalized spacial score (nSPS) is 12.0. The Bertz CT molecular complexity index is 992. The Morgan fingerprint density at radius 2 is 1.85 bits per heavy atom. The molecule has 0 N–H and O–H groups in total. The maximum Gasteiger partial charge on any atom is 0.222 e. The van der Waals surface area contributed by atoms with Crippen LogP contribution in [0.4, 0.5) is 0 Å². The summed E-state index contributed by atoms with van der Waals surface area (Å²) in [7, 11) is -3.64. The van der Waals surface area contributed by atoms with Crippen molar-refractivity contribution in [2.45, 2.75) is 36.1 Å². The Morgan fingerprint density at radius 3 is 2.50 bits per heavy atom. The second kappa shape index (κ2) is 7.84. The summed E-state index contributed by atoms with van der Waals surface area (Å²) in [6.45, 7) is 4.61. The van der Waals surface area contributed by atoms with Crippen molar-refractivity contribution in [3.8, 4) is 5.75 Å². The van der Waals surface area contributed by atoms with Crippen molar-refractivity contribution in [1.29, 1.82) is 0 Å². The number of halogens is 1. The van der Waals surface area contributed by atoms with E-state index in [1.54, 1.807) is 34.9 Å². The predicted molar refractivity (Wildman–Crippen MR) is 107 cm³/mol. The topological polar surface area (TPSA) is 47.8 Å². The van der Waals surface area contributed by atoms with Gasteiger partial charge in [-0.2, -0.15) is 0 Å². The van der Waals surface area contributed by atoms with E-state index in [2.05, 4.69) is 15.9 Å². The summed E-state index contributed by atoms with van der Waals surface area (Å²) >= 11 is 3.36. The van der Waals surface area contributed by atoms with Gasteiger partial charge in [-0.1, -0.05) is 35.8 Å². The van der Waals surface area contributed by atoms with E-state index >= 15 is 0 Å². The minimum atomic E-state index is -3.64. The fourth-order valence-corrected chi connectivity index (χ4v) is 4.87. The van der Waals surface area contributed by atoms with Gasteiger partial charge >= 0.3 is 0 Å². The molecule has 138 valence electrons. The molecule has 1 aromatic carbocycles. The first kappa shape index (κ1) is 19.0. The van der Waals surface area contributed by atoms with Crippen LogP contribution in [0.25, 0.3) is 5.52 Å². The third kappa shape index (κ3) is 3.67. The van der Waals surface area contributed by atoms with Gasteiger partial charge in [-0.25, -0.2) is 8.42 Å². The number of aromatic nitrogens is 1. The summed E-state index contributed by atoms with van der Waals surface area (Å²) in [5.74, 6) is 0.778. The van der Waals surface area contributed by atoms with Crippen molar-refractivity contribution < 1.29 is 13.2 Å². The van der Waals surface area contributed by atoms with Gasteiger partial charge in [0.05, 0.1) is 11.5 Å². The molecular weight excluding hydrogens is 414 g/mol. The third-order valence-electron chi connectivity index (χ3n) is 4.22. The van der Waals surface area contributed by atoms with Crippen LogP contribution in [0.3, 0.4) is 0 Å². The van der Waals surface area contributed by atoms with Gasteiger partial charge in [0, 0.05) is 17.0 Å². The molecule has 0 saturated carbocycles. The van der Waals surface area contributed by atoms with E-state index in [9.17, 15) is 8.42 Å². The standard InChI is InChI=1S/C20H22BrNO3S/c1-15(2)19-14-16-6-3-4-12-22(16)20(19)26(23,24)18-9-7-17(8-10-18)25-13-5-11-21/h3-4,6-10,12,14-15H,5,11,13H2,1-2H3. The monoisotopic (exact) mass is 435 g/mol. The van der Waals surface area contributed by atoms with Crippen LogP contribution in [0.2, 0.25) is 0 Å². The highest BCUT2D eigenvalue weighted by atomic mass is 79.9. The van der Waals surface area contributed by atoms with Crippen molar-refractivity contribution in [1.82, 2.24) is 4.40 Å². The lowest BCUT2D eigenvalue weighted by atomic mass is 10.1. The highest BCUT2D eigenvalue weighted by Crippen LogP contribution is 2.32. The van der Waals surface area contributed by atoms with Crippen LogP contribution in [0, 0.1) is 0 Å². The van der Waals surface area contributed by atoms with Gasteiger partial charge in [-0.3, -0.25) is 0 Å². The molecule has 0 atom stereocenters. The minimum absolute atomic E-state index is 0.103. The Kier molecular flexibility index (Phi) is 5.73. The predicted octanol–water partition coefficient (Wildman–Crippen LogP) is 5.06. The summed E-state index contributed by atoms with van der Waals surface area (Å²) in [5.41, 5.74) is 1.71. The number of nitrogens with zero attached hydrogens (tertiary/aromatic N) is 1. The number of rotatable bonds is 7. The van der Waals surface area contributed by atoms with Crippen LogP contribution in [0.1, 0.15) is 31.7 Å². The second-order valence-electron chi connectivity index (χ2n) is 6.42. The average Bonchev–Trinajstić information content (AvgIpc) is 3.03. The molecule has 0 spiro atoms. The van der Waals surface area contributed by atoms with E-state index in [0.717, 1.165) is 22.8 Å². The fourth-order valence-electron chi connectivity index (χ4n) is 2.89. The molecule has 2 aromatic heterocycles. The number of ether oxygens (including phenoxy) is 1. The van der Waals surface area contributed by atoms with Crippen molar-refractivity contribution in [2.75, 3.05) is 11.9 Å². The van der Waals surface area contributed by atoms with E-state index in [1.807, 2.05) is 38.1 Å². The molecular formula is C20H22BrNO3S. The van der Waals surface area contributed by atoms with E-state index in [1.165, 1.54) is 0 Å². The maximum absolute atomic E-state index is 13.3. The summed E-state index contributed by atoms with van der Waals surface area (Å²) in [5, 5.41) is 1.22. The molecule has 0 bridgehead atoms. The smallest absolute Gasteiger partial charge is 0.222 e. The first-order valence-corrected chi connectivity index (χ1v) is 11.2. The molecule has 4 nitrogen and oxygen atoms in total. The van der Waals surface area contributed by atoms with Gasteiger partial charge in [0.25, 0.3) is 0 Å². The Morgan fingerprint density at radius 1 is 1.12 bits per heavy atom. The summed E-state index contributed by atoms with van der Waals surface area (Å²) in [6.07, 6.45) is 2.69. The van der Waals surface area contributed by atoms with E-state index in [4.69, 9.17) is 4.74 Å². The van der Waals surface area contributed by atoms with Gasteiger partial charge in [0.15, 0.2) is 0 Å². The summed E-state index contributed by atoms with van der Waals surface area (Å²) in [4.78, 5) is 0.274.